The summed E-state index contributed by atoms with van der Waals surface area (Å²) >= 11 is 6.09. The van der Waals surface area contributed by atoms with Gasteiger partial charge in [-0.2, -0.15) is 0 Å². The molecular weight excluding hydrogens is 388 g/mol. The number of carbonyl (C=O) groups is 1. The van der Waals surface area contributed by atoms with Crippen LogP contribution in [0.25, 0.3) is 11.0 Å². The normalized spacial score (nSPS) is 15.7. The Kier molecular flexibility index (Phi) is 4.18. The van der Waals surface area contributed by atoms with Crippen LogP contribution in [0.4, 0.5) is 0 Å². The summed E-state index contributed by atoms with van der Waals surface area (Å²) in [5.74, 6) is -0.235. The van der Waals surface area contributed by atoms with Crippen molar-refractivity contribution in [2.75, 3.05) is 0 Å². The van der Waals surface area contributed by atoms with Crippen LogP contribution in [-0.2, 0) is 6.54 Å². The number of hydrogen-bond donors (Lipinski definition) is 0. The molecule has 0 fully saturated rings. The van der Waals surface area contributed by atoms with Gasteiger partial charge < -0.3 is 9.32 Å². The van der Waals surface area contributed by atoms with Crippen LogP contribution in [0.3, 0.4) is 0 Å². The molecule has 29 heavy (non-hydrogen) atoms. The molecule has 0 spiro atoms. The van der Waals surface area contributed by atoms with Gasteiger partial charge >= 0.3 is 0 Å². The van der Waals surface area contributed by atoms with Crippen molar-refractivity contribution in [2.45, 2.75) is 12.6 Å². The first-order valence-corrected chi connectivity index (χ1v) is 9.52. The lowest BCUT2D eigenvalue weighted by atomic mass is 9.99. The van der Waals surface area contributed by atoms with Gasteiger partial charge in [0, 0.05) is 24.0 Å². The van der Waals surface area contributed by atoms with Crippen LogP contribution in [0, 0.1) is 0 Å². The van der Waals surface area contributed by atoms with Crippen LogP contribution in [0.15, 0.2) is 82.3 Å². The SMILES string of the molecule is O=C1c2oc3ccc(Cl)cc3c(=O)c2C(c2cccnc2)N1Cc1ccccc1. The summed E-state index contributed by atoms with van der Waals surface area (Å²) in [5, 5.41) is 0.799. The summed E-state index contributed by atoms with van der Waals surface area (Å²) in [6.45, 7) is 0.347. The Morgan fingerprint density at radius 2 is 1.86 bits per heavy atom. The molecule has 2 aromatic carbocycles. The maximum Gasteiger partial charge on any atom is 0.291 e. The number of halogens is 1. The Labute approximate surface area is 171 Å². The number of fused-ring (bicyclic) bond motifs is 2. The second-order valence-electron chi connectivity index (χ2n) is 6.92. The average Bonchev–Trinajstić information content (AvgIpc) is 3.02. The summed E-state index contributed by atoms with van der Waals surface area (Å²) in [7, 11) is 0. The van der Waals surface area contributed by atoms with Crippen molar-refractivity contribution in [1.29, 1.82) is 0 Å². The third-order valence-corrected chi connectivity index (χ3v) is 5.36. The summed E-state index contributed by atoms with van der Waals surface area (Å²) in [5.41, 5.74) is 2.14. The summed E-state index contributed by atoms with van der Waals surface area (Å²) < 4.78 is 5.90. The van der Waals surface area contributed by atoms with Gasteiger partial charge in [-0.05, 0) is 35.4 Å². The van der Waals surface area contributed by atoms with Crippen molar-refractivity contribution in [3.63, 3.8) is 0 Å². The standard InChI is InChI=1S/C23H15ClN2O3/c24-16-8-9-18-17(11-16)21(27)19-20(15-7-4-10-25-12-15)26(23(28)22(19)29-18)13-14-5-2-1-3-6-14/h1-12,20H,13H2. The molecule has 0 aliphatic carbocycles. The number of benzene rings is 2. The van der Waals surface area contributed by atoms with E-state index < -0.39 is 6.04 Å². The van der Waals surface area contributed by atoms with Crippen molar-refractivity contribution in [3.05, 3.63) is 111 Å². The van der Waals surface area contributed by atoms with Crippen LogP contribution in [0.2, 0.25) is 5.02 Å². The highest BCUT2D eigenvalue weighted by Crippen LogP contribution is 2.39. The molecule has 1 aliphatic heterocycles. The van der Waals surface area contributed by atoms with Gasteiger partial charge in [0.1, 0.15) is 5.58 Å². The average molecular weight is 403 g/mol. The Balaban J connectivity index is 1.74. The van der Waals surface area contributed by atoms with Crippen LogP contribution >= 0.6 is 11.6 Å². The fourth-order valence-electron chi connectivity index (χ4n) is 3.82. The minimum absolute atomic E-state index is 0.0783. The predicted molar refractivity (Wildman–Crippen MR) is 110 cm³/mol. The molecule has 142 valence electrons. The van der Waals surface area contributed by atoms with Gasteiger partial charge in [-0.25, -0.2) is 0 Å². The molecular formula is C23H15ClN2O3. The number of rotatable bonds is 3. The second-order valence-corrected chi connectivity index (χ2v) is 7.36. The monoisotopic (exact) mass is 402 g/mol. The van der Waals surface area contributed by atoms with Gasteiger partial charge in [0.05, 0.1) is 17.0 Å². The molecule has 2 aromatic heterocycles. The van der Waals surface area contributed by atoms with E-state index in [0.717, 1.165) is 11.1 Å². The Morgan fingerprint density at radius 3 is 2.62 bits per heavy atom. The third-order valence-electron chi connectivity index (χ3n) is 5.12. The lowest BCUT2D eigenvalue weighted by molar-refractivity contribution is 0.0714. The molecule has 0 bridgehead atoms. The molecule has 0 N–H and O–H groups in total. The molecule has 6 heteroatoms. The fraction of sp³-hybridized carbons (Fsp3) is 0.0870. The Morgan fingerprint density at radius 1 is 1.03 bits per heavy atom. The second kappa shape index (κ2) is 6.87. The molecule has 4 aromatic rings. The van der Waals surface area contributed by atoms with Crippen molar-refractivity contribution >= 4 is 28.5 Å². The molecule has 3 heterocycles. The highest BCUT2D eigenvalue weighted by molar-refractivity contribution is 6.31. The van der Waals surface area contributed by atoms with Crippen LogP contribution in [-0.4, -0.2) is 15.8 Å². The number of amides is 1. The maximum atomic E-state index is 13.4. The summed E-state index contributed by atoms with van der Waals surface area (Å²) in [4.78, 5) is 32.5. The van der Waals surface area contributed by atoms with E-state index in [1.165, 1.54) is 0 Å². The summed E-state index contributed by atoms with van der Waals surface area (Å²) in [6.07, 6.45) is 3.33. The van der Waals surface area contributed by atoms with Crippen molar-refractivity contribution < 1.29 is 9.21 Å². The van der Waals surface area contributed by atoms with E-state index in [4.69, 9.17) is 16.0 Å². The van der Waals surface area contributed by atoms with Gasteiger partial charge in [-0.3, -0.25) is 14.6 Å². The first-order chi connectivity index (χ1) is 14.1. The molecule has 1 atom stereocenters. The van der Waals surface area contributed by atoms with Crippen LogP contribution in [0.1, 0.15) is 33.3 Å². The van der Waals surface area contributed by atoms with Crippen molar-refractivity contribution in [1.82, 2.24) is 9.88 Å². The maximum absolute atomic E-state index is 13.4. The zero-order valence-electron chi connectivity index (χ0n) is 15.2. The van der Waals surface area contributed by atoms with Gasteiger partial charge in [-0.15, -0.1) is 0 Å². The molecule has 0 saturated carbocycles. The van der Waals surface area contributed by atoms with Crippen LogP contribution in [0.5, 0.6) is 0 Å². The number of hydrogen-bond acceptors (Lipinski definition) is 4. The van der Waals surface area contributed by atoms with E-state index >= 15 is 0 Å². The number of aromatic nitrogens is 1. The third kappa shape index (κ3) is 2.91. The van der Waals surface area contributed by atoms with E-state index in [1.54, 1.807) is 41.6 Å². The van der Waals surface area contributed by atoms with E-state index in [0.29, 0.717) is 28.1 Å². The van der Waals surface area contributed by atoms with Crippen LogP contribution < -0.4 is 5.43 Å². The zero-order valence-corrected chi connectivity index (χ0v) is 16.0. The highest BCUT2D eigenvalue weighted by Gasteiger charge is 2.42. The van der Waals surface area contributed by atoms with Gasteiger partial charge in [-0.1, -0.05) is 48.0 Å². The molecule has 5 rings (SSSR count). The number of carbonyl (C=O) groups excluding carboxylic acids is 1. The molecule has 1 amide bonds. The first kappa shape index (κ1) is 17.6. The number of pyridine rings is 1. The molecule has 1 unspecified atom stereocenters. The zero-order chi connectivity index (χ0) is 20.0. The van der Waals surface area contributed by atoms with Gasteiger partial charge in [0.15, 0.2) is 5.43 Å². The summed E-state index contributed by atoms with van der Waals surface area (Å²) in [6, 6.07) is 17.6. The van der Waals surface area contributed by atoms with Gasteiger partial charge in [0.2, 0.25) is 5.76 Å². The molecule has 0 radical (unpaired) electrons. The molecule has 1 aliphatic rings. The van der Waals surface area contributed by atoms with E-state index in [9.17, 15) is 9.59 Å². The Hall–Kier alpha value is -3.44. The molecule has 5 nitrogen and oxygen atoms in total. The highest BCUT2D eigenvalue weighted by atomic mass is 35.5. The fourth-order valence-corrected chi connectivity index (χ4v) is 3.99. The van der Waals surface area contributed by atoms with E-state index in [1.807, 2.05) is 36.4 Å². The smallest absolute Gasteiger partial charge is 0.291 e. The Bertz CT molecular complexity index is 1290. The lowest BCUT2D eigenvalue weighted by Crippen LogP contribution is -2.29. The topological polar surface area (TPSA) is 63.4 Å². The van der Waals surface area contributed by atoms with E-state index in [-0.39, 0.29) is 17.1 Å². The number of nitrogens with zero attached hydrogens (tertiary/aromatic N) is 2. The first-order valence-electron chi connectivity index (χ1n) is 9.14. The largest absolute Gasteiger partial charge is 0.450 e. The van der Waals surface area contributed by atoms with Crippen molar-refractivity contribution in [3.8, 4) is 0 Å². The lowest BCUT2D eigenvalue weighted by Gasteiger charge is -2.25. The predicted octanol–water partition coefficient (Wildman–Crippen LogP) is 4.59. The quantitative estimate of drug-likeness (QED) is 0.503. The minimum Gasteiger partial charge on any atom is -0.450 e. The minimum atomic E-state index is -0.578. The van der Waals surface area contributed by atoms with E-state index in [2.05, 4.69) is 4.98 Å². The van der Waals surface area contributed by atoms with Crippen molar-refractivity contribution in [2.24, 2.45) is 0 Å². The van der Waals surface area contributed by atoms with Gasteiger partial charge in [0.25, 0.3) is 5.91 Å². The molecule has 0 saturated heterocycles.